The fraction of sp³-hybridized carbons (Fsp3) is 0.455. The van der Waals surface area contributed by atoms with Gasteiger partial charge in [-0.3, -0.25) is 9.59 Å². The number of amides is 1. The molecule has 0 spiro atoms. The Hall–Kier alpha value is -1.58. The maximum absolute atomic E-state index is 11.6. The lowest BCUT2D eigenvalue weighted by Crippen LogP contribution is -2.27. The van der Waals surface area contributed by atoms with Crippen molar-refractivity contribution < 1.29 is 4.79 Å². The second-order valence-electron chi connectivity index (χ2n) is 3.94. The summed E-state index contributed by atoms with van der Waals surface area (Å²) in [5.41, 5.74) is 1.77. The number of nitrogens with zero attached hydrogens (tertiary/aromatic N) is 2. The fourth-order valence-corrected chi connectivity index (χ4v) is 1.91. The highest BCUT2D eigenvalue weighted by Gasteiger charge is 2.19. The molecule has 0 saturated carbocycles. The van der Waals surface area contributed by atoms with Gasteiger partial charge >= 0.3 is 0 Å². The van der Waals surface area contributed by atoms with E-state index in [2.05, 4.69) is 0 Å². The molecule has 0 unspecified atom stereocenters. The van der Waals surface area contributed by atoms with Crippen LogP contribution >= 0.6 is 0 Å². The maximum atomic E-state index is 11.6. The monoisotopic (exact) mass is 206 g/mol. The summed E-state index contributed by atoms with van der Waals surface area (Å²) in [5, 5.41) is 0. The molecule has 1 aliphatic rings. The van der Waals surface area contributed by atoms with Crippen LogP contribution in [-0.2, 0) is 18.3 Å². The highest BCUT2D eigenvalue weighted by Crippen LogP contribution is 2.23. The molecule has 1 aromatic heterocycles. The van der Waals surface area contributed by atoms with Crippen LogP contribution < -0.4 is 10.5 Å². The minimum Gasteiger partial charge on any atom is -0.318 e. The number of rotatable bonds is 0. The molecule has 1 amide bonds. The minimum absolute atomic E-state index is 0.0738. The predicted molar refractivity (Wildman–Crippen MR) is 58.0 cm³/mol. The molecule has 0 atom stereocenters. The Kier molecular flexibility index (Phi) is 2.34. The zero-order valence-electron chi connectivity index (χ0n) is 8.99. The smallest absolute Gasteiger partial charge is 0.252 e. The van der Waals surface area contributed by atoms with Gasteiger partial charge in [-0.25, -0.2) is 0 Å². The minimum atomic E-state index is -0.0738. The summed E-state index contributed by atoms with van der Waals surface area (Å²) in [6.45, 7) is 0. The first kappa shape index (κ1) is 9.96. The Bertz CT molecular complexity index is 462. The van der Waals surface area contributed by atoms with Gasteiger partial charge in [0, 0.05) is 32.8 Å². The zero-order chi connectivity index (χ0) is 11.0. The average molecular weight is 206 g/mol. The van der Waals surface area contributed by atoms with Crippen LogP contribution in [0.5, 0.6) is 0 Å². The molecule has 0 aliphatic carbocycles. The second-order valence-corrected chi connectivity index (χ2v) is 3.94. The first-order valence-corrected chi connectivity index (χ1v) is 5.05. The highest BCUT2D eigenvalue weighted by atomic mass is 16.2. The molecule has 0 saturated heterocycles. The van der Waals surface area contributed by atoms with E-state index < -0.39 is 0 Å². The molecule has 2 rings (SSSR count). The van der Waals surface area contributed by atoms with E-state index in [0.29, 0.717) is 6.42 Å². The second kappa shape index (κ2) is 3.53. The third-order valence-electron chi connectivity index (χ3n) is 2.86. The third kappa shape index (κ3) is 1.67. The number of carbonyl (C=O) groups excluding carboxylic acids is 1. The van der Waals surface area contributed by atoms with E-state index in [0.717, 1.165) is 24.1 Å². The van der Waals surface area contributed by atoms with Crippen LogP contribution in [0.3, 0.4) is 0 Å². The van der Waals surface area contributed by atoms with Gasteiger partial charge in [-0.15, -0.1) is 0 Å². The number of hydrogen-bond donors (Lipinski definition) is 0. The molecular weight excluding hydrogens is 192 g/mol. The summed E-state index contributed by atoms with van der Waals surface area (Å²) < 4.78 is 1.56. The van der Waals surface area contributed by atoms with Gasteiger partial charge in [0.2, 0.25) is 5.91 Å². The van der Waals surface area contributed by atoms with Crippen molar-refractivity contribution in [2.24, 2.45) is 7.05 Å². The van der Waals surface area contributed by atoms with Crippen LogP contribution in [0.2, 0.25) is 0 Å². The van der Waals surface area contributed by atoms with Crippen LogP contribution in [0.25, 0.3) is 0 Å². The SMILES string of the molecule is CN1C(=O)CCCc2cn(C)c(=O)cc21. The first-order chi connectivity index (χ1) is 7.09. The topological polar surface area (TPSA) is 42.3 Å². The Morgan fingerprint density at radius 2 is 1.93 bits per heavy atom. The number of aromatic nitrogens is 1. The van der Waals surface area contributed by atoms with E-state index in [1.807, 2.05) is 6.20 Å². The Morgan fingerprint density at radius 1 is 1.20 bits per heavy atom. The Labute approximate surface area is 88.1 Å². The van der Waals surface area contributed by atoms with Gasteiger partial charge < -0.3 is 9.47 Å². The standard InChI is InChI=1S/C11H14N2O2/c1-12-7-8-4-3-5-10(14)13(2)9(8)6-11(12)15/h6-7H,3-5H2,1-2H3. The summed E-state index contributed by atoms with van der Waals surface area (Å²) in [5.74, 6) is 0.0852. The Morgan fingerprint density at radius 3 is 2.67 bits per heavy atom. The highest BCUT2D eigenvalue weighted by molar-refractivity contribution is 5.94. The van der Waals surface area contributed by atoms with Crippen LogP contribution in [0.15, 0.2) is 17.1 Å². The van der Waals surface area contributed by atoms with E-state index in [-0.39, 0.29) is 11.5 Å². The van der Waals surface area contributed by atoms with Crippen molar-refractivity contribution in [2.75, 3.05) is 11.9 Å². The molecular formula is C11H14N2O2. The van der Waals surface area contributed by atoms with E-state index in [9.17, 15) is 9.59 Å². The molecule has 0 fully saturated rings. The Balaban J connectivity index is 2.59. The predicted octanol–water partition coefficient (Wildman–Crippen LogP) is 0.684. The van der Waals surface area contributed by atoms with Crippen molar-refractivity contribution in [3.05, 3.63) is 28.2 Å². The lowest BCUT2D eigenvalue weighted by atomic mass is 10.1. The molecule has 0 bridgehead atoms. The summed E-state index contributed by atoms with van der Waals surface area (Å²) in [4.78, 5) is 24.7. The third-order valence-corrected chi connectivity index (χ3v) is 2.86. The molecule has 0 aromatic carbocycles. The van der Waals surface area contributed by atoms with Gasteiger partial charge in [-0.1, -0.05) is 0 Å². The van der Waals surface area contributed by atoms with Crippen LogP contribution in [0.4, 0.5) is 5.69 Å². The molecule has 1 aliphatic heterocycles. The lowest BCUT2D eigenvalue weighted by Gasteiger charge is -2.17. The van der Waals surface area contributed by atoms with E-state index in [1.54, 1.807) is 29.6 Å². The van der Waals surface area contributed by atoms with Crippen molar-refractivity contribution in [1.29, 1.82) is 0 Å². The molecule has 1 aromatic rings. The van der Waals surface area contributed by atoms with Gasteiger partial charge in [0.25, 0.3) is 5.56 Å². The number of hydrogen-bond acceptors (Lipinski definition) is 2. The first-order valence-electron chi connectivity index (χ1n) is 5.05. The lowest BCUT2D eigenvalue weighted by molar-refractivity contribution is -0.118. The number of fused-ring (bicyclic) bond motifs is 1. The van der Waals surface area contributed by atoms with Crippen LogP contribution in [-0.4, -0.2) is 17.5 Å². The number of aryl methyl sites for hydroxylation is 2. The van der Waals surface area contributed by atoms with Crippen molar-refractivity contribution in [3.8, 4) is 0 Å². The molecule has 15 heavy (non-hydrogen) atoms. The molecule has 80 valence electrons. The maximum Gasteiger partial charge on any atom is 0.252 e. The molecule has 4 heteroatoms. The number of carbonyl (C=O) groups is 1. The normalized spacial score (nSPS) is 16.1. The van der Waals surface area contributed by atoms with Gasteiger partial charge in [-0.05, 0) is 18.4 Å². The van der Waals surface area contributed by atoms with Crippen LogP contribution in [0.1, 0.15) is 18.4 Å². The van der Waals surface area contributed by atoms with Crippen molar-refractivity contribution in [1.82, 2.24) is 4.57 Å². The quantitative estimate of drug-likeness (QED) is 0.626. The largest absolute Gasteiger partial charge is 0.318 e. The van der Waals surface area contributed by atoms with Crippen molar-refractivity contribution >= 4 is 11.6 Å². The summed E-state index contributed by atoms with van der Waals surface area (Å²) in [7, 11) is 3.46. The van der Waals surface area contributed by atoms with E-state index in [1.165, 1.54) is 0 Å². The number of anilines is 1. The summed E-state index contributed by atoms with van der Waals surface area (Å²) in [6, 6.07) is 1.54. The van der Waals surface area contributed by atoms with Gasteiger partial charge in [-0.2, -0.15) is 0 Å². The van der Waals surface area contributed by atoms with Gasteiger partial charge in [0.1, 0.15) is 0 Å². The molecule has 0 N–H and O–H groups in total. The van der Waals surface area contributed by atoms with Crippen molar-refractivity contribution in [2.45, 2.75) is 19.3 Å². The number of pyridine rings is 1. The zero-order valence-corrected chi connectivity index (χ0v) is 8.99. The fourth-order valence-electron chi connectivity index (χ4n) is 1.91. The van der Waals surface area contributed by atoms with Crippen molar-refractivity contribution in [3.63, 3.8) is 0 Å². The average Bonchev–Trinajstić information content (AvgIpc) is 2.32. The van der Waals surface area contributed by atoms with E-state index in [4.69, 9.17) is 0 Å². The molecule has 2 heterocycles. The van der Waals surface area contributed by atoms with Gasteiger partial charge in [0.05, 0.1) is 5.69 Å². The van der Waals surface area contributed by atoms with Gasteiger partial charge in [0.15, 0.2) is 0 Å². The summed E-state index contributed by atoms with van der Waals surface area (Å²) in [6.07, 6.45) is 4.10. The molecule has 0 radical (unpaired) electrons. The van der Waals surface area contributed by atoms with Crippen LogP contribution in [0, 0.1) is 0 Å². The molecule has 4 nitrogen and oxygen atoms in total. The summed E-state index contributed by atoms with van der Waals surface area (Å²) >= 11 is 0. The van der Waals surface area contributed by atoms with E-state index >= 15 is 0 Å².